The van der Waals surface area contributed by atoms with Crippen molar-refractivity contribution in [2.24, 2.45) is 7.05 Å². The highest BCUT2D eigenvalue weighted by molar-refractivity contribution is 9.10. The van der Waals surface area contributed by atoms with Gasteiger partial charge < -0.3 is 4.57 Å². The highest BCUT2D eigenvalue weighted by atomic mass is 79.9. The Labute approximate surface area is 92.6 Å². The van der Waals surface area contributed by atoms with E-state index in [0.717, 1.165) is 22.0 Å². The number of hydrogen-bond donors (Lipinski definition) is 0. The zero-order valence-electron chi connectivity index (χ0n) is 7.77. The first-order valence-corrected chi connectivity index (χ1v) is 5.00. The van der Waals surface area contributed by atoms with Gasteiger partial charge in [0.2, 0.25) is 0 Å². The van der Waals surface area contributed by atoms with Gasteiger partial charge in [-0.15, -0.1) is 0 Å². The second-order valence-electron chi connectivity index (χ2n) is 3.32. The van der Waals surface area contributed by atoms with Crippen molar-refractivity contribution in [2.45, 2.75) is 6.18 Å². The van der Waals surface area contributed by atoms with E-state index in [1.54, 1.807) is 17.8 Å². The molecule has 15 heavy (non-hydrogen) atoms. The van der Waals surface area contributed by atoms with E-state index in [9.17, 15) is 13.2 Å². The quantitative estimate of drug-likeness (QED) is 0.687. The highest BCUT2D eigenvalue weighted by Crippen LogP contribution is 2.33. The minimum Gasteiger partial charge on any atom is -0.349 e. The average molecular weight is 278 g/mol. The van der Waals surface area contributed by atoms with Crippen LogP contribution in [0.15, 0.2) is 28.9 Å². The molecular weight excluding hydrogens is 271 g/mol. The third-order valence-corrected chi connectivity index (χ3v) is 2.90. The fraction of sp³-hybridized carbons (Fsp3) is 0.200. The predicted octanol–water partition coefficient (Wildman–Crippen LogP) is 3.96. The second-order valence-corrected chi connectivity index (χ2v) is 4.17. The van der Waals surface area contributed by atoms with E-state index in [0.29, 0.717) is 5.52 Å². The Morgan fingerprint density at radius 2 is 1.93 bits per heavy atom. The van der Waals surface area contributed by atoms with Gasteiger partial charge in [-0.25, -0.2) is 0 Å². The zero-order chi connectivity index (χ0) is 11.2. The topological polar surface area (TPSA) is 4.93 Å². The molecule has 0 aliphatic heterocycles. The summed E-state index contributed by atoms with van der Waals surface area (Å²) in [6.07, 6.45) is -2.55. The van der Waals surface area contributed by atoms with Gasteiger partial charge in [-0.2, -0.15) is 13.2 Å². The summed E-state index contributed by atoms with van der Waals surface area (Å²) in [5.41, 5.74) is -0.0552. The Kier molecular flexibility index (Phi) is 2.30. The molecule has 5 heteroatoms. The minimum atomic E-state index is -4.29. The van der Waals surface area contributed by atoms with Gasteiger partial charge in [-0.05, 0) is 28.1 Å². The lowest BCUT2D eigenvalue weighted by atomic mass is 10.1. The Bertz CT molecular complexity index is 513. The van der Waals surface area contributed by atoms with Crippen LogP contribution in [0.25, 0.3) is 10.9 Å². The second kappa shape index (κ2) is 3.27. The molecule has 0 atom stereocenters. The summed E-state index contributed by atoms with van der Waals surface area (Å²) in [5.74, 6) is 0. The lowest BCUT2D eigenvalue weighted by Crippen LogP contribution is -2.04. The molecule has 1 aromatic carbocycles. The normalized spacial score (nSPS) is 12.3. The van der Waals surface area contributed by atoms with Gasteiger partial charge in [0, 0.05) is 28.6 Å². The molecule has 0 aliphatic rings. The maximum atomic E-state index is 12.4. The van der Waals surface area contributed by atoms with E-state index in [1.165, 1.54) is 6.07 Å². The lowest BCUT2D eigenvalue weighted by molar-refractivity contribution is -0.137. The molecule has 0 amide bonds. The van der Waals surface area contributed by atoms with Gasteiger partial charge >= 0.3 is 6.18 Å². The molecule has 0 aliphatic carbocycles. The highest BCUT2D eigenvalue weighted by Gasteiger charge is 2.30. The van der Waals surface area contributed by atoms with Crippen molar-refractivity contribution in [3.8, 4) is 0 Å². The van der Waals surface area contributed by atoms with Gasteiger partial charge in [0.15, 0.2) is 0 Å². The zero-order valence-corrected chi connectivity index (χ0v) is 9.35. The molecule has 2 aromatic rings. The number of benzene rings is 1. The molecule has 1 aromatic heterocycles. The molecule has 1 nitrogen and oxygen atoms in total. The number of nitrogens with zero attached hydrogens (tertiary/aromatic N) is 1. The van der Waals surface area contributed by atoms with Crippen molar-refractivity contribution in [3.05, 3.63) is 34.4 Å². The summed E-state index contributed by atoms with van der Waals surface area (Å²) in [6.45, 7) is 0. The molecule has 0 unspecified atom stereocenters. The van der Waals surface area contributed by atoms with Crippen LogP contribution in [0.2, 0.25) is 0 Å². The molecule has 0 saturated heterocycles. The molecule has 0 spiro atoms. The van der Waals surface area contributed by atoms with E-state index in [1.807, 2.05) is 0 Å². The summed E-state index contributed by atoms with van der Waals surface area (Å²) in [6, 6.07) is 3.72. The van der Waals surface area contributed by atoms with Crippen LogP contribution in [0.5, 0.6) is 0 Å². The van der Waals surface area contributed by atoms with Gasteiger partial charge in [-0.3, -0.25) is 0 Å². The monoisotopic (exact) mass is 277 g/mol. The molecular formula is C10H7BrF3N. The number of aromatic nitrogens is 1. The van der Waals surface area contributed by atoms with Gasteiger partial charge in [-0.1, -0.05) is 6.07 Å². The molecule has 0 fully saturated rings. The van der Waals surface area contributed by atoms with Crippen molar-refractivity contribution in [1.82, 2.24) is 4.57 Å². The van der Waals surface area contributed by atoms with E-state index < -0.39 is 11.7 Å². The summed E-state index contributed by atoms with van der Waals surface area (Å²) in [5, 5.41) is 0.783. The first kappa shape index (κ1) is 10.5. The van der Waals surface area contributed by atoms with E-state index in [2.05, 4.69) is 15.9 Å². The molecule has 80 valence electrons. The average Bonchev–Trinajstić information content (AvgIpc) is 2.41. The van der Waals surface area contributed by atoms with E-state index >= 15 is 0 Å². The van der Waals surface area contributed by atoms with Gasteiger partial charge in [0.25, 0.3) is 0 Å². The van der Waals surface area contributed by atoms with Crippen LogP contribution in [-0.4, -0.2) is 4.57 Å². The van der Waals surface area contributed by atoms with E-state index in [-0.39, 0.29) is 0 Å². The Morgan fingerprint density at radius 1 is 1.27 bits per heavy atom. The molecule has 2 rings (SSSR count). The number of halogens is 4. The van der Waals surface area contributed by atoms with Crippen molar-refractivity contribution in [2.75, 3.05) is 0 Å². The molecule has 0 N–H and O–H groups in total. The smallest absolute Gasteiger partial charge is 0.349 e. The van der Waals surface area contributed by atoms with Crippen LogP contribution < -0.4 is 0 Å². The number of hydrogen-bond acceptors (Lipinski definition) is 0. The van der Waals surface area contributed by atoms with Crippen LogP contribution >= 0.6 is 15.9 Å². The van der Waals surface area contributed by atoms with Crippen molar-refractivity contribution >= 4 is 26.8 Å². The third-order valence-electron chi connectivity index (χ3n) is 2.27. The van der Waals surface area contributed by atoms with Crippen molar-refractivity contribution in [3.63, 3.8) is 0 Å². The van der Waals surface area contributed by atoms with Crippen LogP contribution in [0.3, 0.4) is 0 Å². The maximum Gasteiger partial charge on any atom is 0.416 e. The summed E-state index contributed by atoms with van der Waals surface area (Å²) >= 11 is 3.29. The molecule has 0 bridgehead atoms. The first-order valence-electron chi connectivity index (χ1n) is 4.21. The number of rotatable bonds is 0. The Balaban J connectivity index is 2.71. The largest absolute Gasteiger partial charge is 0.416 e. The maximum absolute atomic E-state index is 12.4. The lowest BCUT2D eigenvalue weighted by Gasteiger charge is -2.06. The SMILES string of the molecule is Cn1cc(Br)c2ccc(C(F)(F)F)cc21. The molecule has 1 heterocycles. The van der Waals surface area contributed by atoms with Crippen LogP contribution in [0, 0.1) is 0 Å². The fourth-order valence-electron chi connectivity index (χ4n) is 1.51. The van der Waals surface area contributed by atoms with Crippen LogP contribution in [-0.2, 0) is 13.2 Å². The Morgan fingerprint density at radius 3 is 2.53 bits per heavy atom. The number of aryl methyl sites for hydroxylation is 1. The van der Waals surface area contributed by atoms with Crippen molar-refractivity contribution in [1.29, 1.82) is 0 Å². The van der Waals surface area contributed by atoms with Crippen molar-refractivity contribution < 1.29 is 13.2 Å². The number of alkyl halides is 3. The third kappa shape index (κ3) is 1.76. The minimum absolute atomic E-state index is 0.566. The number of fused-ring (bicyclic) bond motifs is 1. The molecule has 0 radical (unpaired) electrons. The summed E-state index contributed by atoms with van der Waals surface area (Å²) in [4.78, 5) is 0. The first-order chi connectivity index (χ1) is 6.89. The van der Waals surface area contributed by atoms with E-state index in [4.69, 9.17) is 0 Å². The summed E-state index contributed by atoms with van der Waals surface area (Å²) in [7, 11) is 1.72. The predicted molar refractivity (Wildman–Crippen MR) is 55.6 cm³/mol. The molecule has 0 saturated carbocycles. The van der Waals surface area contributed by atoms with Crippen LogP contribution in [0.4, 0.5) is 13.2 Å². The Hall–Kier alpha value is -0.970. The van der Waals surface area contributed by atoms with Crippen LogP contribution in [0.1, 0.15) is 5.56 Å². The van der Waals surface area contributed by atoms with Gasteiger partial charge in [0.1, 0.15) is 0 Å². The fourth-order valence-corrected chi connectivity index (χ4v) is 2.15. The van der Waals surface area contributed by atoms with Gasteiger partial charge in [0.05, 0.1) is 5.56 Å². The summed E-state index contributed by atoms with van der Waals surface area (Å²) < 4.78 is 39.8. The standard InChI is InChI=1S/C10H7BrF3N/c1-15-5-8(11)7-3-2-6(4-9(7)15)10(12,13)14/h2-5H,1H3.